The van der Waals surface area contributed by atoms with Gasteiger partial charge < -0.3 is 15.0 Å². The van der Waals surface area contributed by atoms with E-state index in [0.29, 0.717) is 12.1 Å². The van der Waals surface area contributed by atoms with E-state index in [9.17, 15) is 0 Å². The summed E-state index contributed by atoms with van der Waals surface area (Å²) in [6.45, 7) is 11.7. The van der Waals surface area contributed by atoms with Gasteiger partial charge in [-0.3, -0.25) is 0 Å². The standard InChI is InChI=1S/C18H34N2O/c1-13(2)20-11-16-5-4-6-17(12-20)18(16)19-14(3)15-7-9-21-10-8-15/h13-19H,4-12H2,1-3H3. The van der Waals surface area contributed by atoms with Crippen molar-refractivity contribution in [2.45, 2.75) is 71.0 Å². The van der Waals surface area contributed by atoms with Gasteiger partial charge in [0.1, 0.15) is 0 Å². The SMILES string of the molecule is CC(NC1C2CCCC1CN(C(C)C)C2)C1CCOCC1. The van der Waals surface area contributed by atoms with E-state index in [1.165, 1.54) is 45.2 Å². The summed E-state index contributed by atoms with van der Waals surface area (Å²) in [4.78, 5) is 2.71. The molecule has 1 aliphatic carbocycles. The maximum atomic E-state index is 5.52. The molecule has 2 saturated heterocycles. The highest BCUT2D eigenvalue weighted by Gasteiger charge is 2.40. The lowest BCUT2D eigenvalue weighted by molar-refractivity contribution is 0.0122. The molecule has 0 aromatic carbocycles. The molecule has 0 spiro atoms. The van der Waals surface area contributed by atoms with Crippen molar-refractivity contribution in [1.82, 2.24) is 10.2 Å². The zero-order valence-corrected chi connectivity index (χ0v) is 14.2. The molecule has 1 N–H and O–H groups in total. The number of fused-ring (bicyclic) bond motifs is 2. The van der Waals surface area contributed by atoms with Gasteiger partial charge >= 0.3 is 0 Å². The number of hydrogen-bond donors (Lipinski definition) is 1. The molecule has 2 bridgehead atoms. The fourth-order valence-electron chi connectivity index (χ4n) is 4.82. The molecule has 3 heteroatoms. The summed E-state index contributed by atoms with van der Waals surface area (Å²) in [5.41, 5.74) is 0. The Bertz CT molecular complexity index is 313. The average molecular weight is 294 g/mol. The number of piperidine rings is 1. The maximum absolute atomic E-state index is 5.52. The predicted octanol–water partition coefficient (Wildman–Crippen LogP) is 2.90. The summed E-state index contributed by atoms with van der Waals surface area (Å²) in [5.74, 6) is 2.58. The van der Waals surface area contributed by atoms with Crippen LogP contribution in [0, 0.1) is 17.8 Å². The van der Waals surface area contributed by atoms with Crippen molar-refractivity contribution in [3.63, 3.8) is 0 Å². The molecule has 3 nitrogen and oxygen atoms in total. The zero-order valence-electron chi connectivity index (χ0n) is 14.2. The van der Waals surface area contributed by atoms with Crippen LogP contribution >= 0.6 is 0 Å². The van der Waals surface area contributed by atoms with Gasteiger partial charge in [0, 0.05) is 44.4 Å². The van der Waals surface area contributed by atoms with Gasteiger partial charge in [0.2, 0.25) is 0 Å². The average Bonchev–Trinajstić information content (AvgIpc) is 2.47. The van der Waals surface area contributed by atoms with Crippen LogP contribution in [-0.4, -0.2) is 49.3 Å². The quantitative estimate of drug-likeness (QED) is 0.863. The maximum Gasteiger partial charge on any atom is 0.0469 e. The number of nitrogens with one attached hydrogen (secondary N) is 1. The summed E-state index contributed by atoms with van der Waals surface area (Å²) in [6.07, 6.45) is 6.80. The monoisotopic (exact) mass is 294 g/mol. The summed E-state index contributed by atoms with van der Waals surface area (Å²) < 4.78 is 5.52. The molecule has 0 aromatic rings. The van der Waals surface area contributed by atoms with Gasteiger partial charge in [-0.2, -0.15) is 0 Å². The first kappa shape index (κ1) is 15.8. The van der Waals surface area contributed by atoms with E-state index in [1.54, 1.807) is 0 Å². The Morgan fingerprint density at radius 2 is 1.57 bits per heavy atom. The molecule has 3 unspecified atom stereocenters. The van der Waals surface area contributed by atoms with Crippen LogP contribution in [0.25, 0.3) is 0 Å². The van der Waals surface area contributed by atoms with Crippen LogP contribution in [-0.2, 0) is 4.74 Å². The molecule has 3 fully saturated rings. The molecule has 3 aliphatic rings. The molecule has 2 heterocycles. The van der Waals surface area contributed by atoms with Crippen molar-refractivity contribution in [2.24, 2.45) is 17.8 Å². The second-order valence-electron chi connectivity index (χ2n) is 7.93. The van der Waals surface area contributed by atoms with Gasteiger partial charge in [-0.25, -0.2) is 0 Å². The van der Waals surface area contributed by atoms with Gasteiger partial charge in [0.15, 0.2) is 0 Å². The zero-order chi connectivity index (χ0) is 14.8. The van der Waals surface area contributed by atoms with Crippen molar-refractivity contribution >= 4 is 0 Å². The summed E-state index contributed by atoms with van der Waals surface area (Å²) in [5, 5.41) is 4.07. The van der Waals surface area contributed by atoms with E-state index in [1.807, 2.05) is 0 Å². The summed E-state index contributed by atoms with van der Waals surface area (Å²) in [7, 11) is 0. The van der Waals surface area contributed by atoms with Crippen LogP contribution < -0.4 is 5.32 Å². The number of likely N-dealkylation sites (tertiary alicyclic amines) is 1. The number of ether oxygens (including phenoxy) is 1. The topological polar surface area (TPSA) is 24.5 Å². The van der Waals surface area contributed by atoms with Crippen molar-refractivity contribution in [3.8, 4) is 0 Å². The molecular weight excluding hydrogens is 260 g/mol. The van der Waals surface area contributed by atoms with E-state index in [-0.39, 0.29) is 0 Å². The molecule has 0 radical (unpaired) electrons. The molecule has 122 valence electrons. The van der Waals surface area contributed by atoms with Gasteiger partial charge in [-0.15, -0.1) is 0 Å². The van der Waals surface area contributed by atoms with Gasteiger partial charge in [0.25, 0.3) is 0 Å². The molecule has 3 atom stereocenters. The van der Waals surface area contributed by atoms with E-state index in [4.69, 9.17) is 4.74 Å². The highest BCUT2D eigenvalue weighted by molar-refractivity contribution is 4.97. The van der Waals surface area contributed by atoms with Crippen molar-refractivity contribution in [2.75, 3.05) is 26.3 Å². The first-order chi connectivity index (χ1) is 10.1. The minimum Gasteiger partial charge on any atom is -0.381 e. The Morgan fingerprint density at radius 3 is 2.14 bits per heavy atom. The van der Waals surface area contributed by atoms with Crippen LogP contribution in [0.1, 0.15) is 52.9 Å². The van der Waals surface area contributed by atoms with E-state index in [2.05, 4.69) is 31.0 Å². The van der Waals surface area contributed by atoms with E-state index >= 15 is 0 Å². The smallest absolute Gasteiger partial charge is 0.0469 e. The lowest BCUT2D eigenvalue weighted by Gasteiger charge is -2.50. The molecular formula is C18H34N2O. The highest BCUT2D eigenvalue weighted by atomic mass is 16.5. The van der Waals surface area contributed by atoms with Crippen LogP contribution in [0.2, 0.25) is 0 Å². The highest BCUT2D eigenvalue weighted by Crippen LogP contribution is 2.36. The van der Waals surface area contributed by atoms with Crippen LogP contribution in [0.4, 0.5) is 0 Å². The van der Waals surface area contributed by atoms with Crippen molar-refractivity contribution < 1.29 is 4.74 Å². The van der Waals surface area contributed by atoms with E-state index < -0.39 is 0 Å². The van der Waals surface area contributed by atoms with Gasteiger partial charge in [0.05, 0.1) is 0 Å². The second-order valence-corrected chi connectivity index (χ2v) is 7.93. The normalized spacial score (nSPS) is 36.9. The van der Waals surface area contributed by atoms with E-state index in [0.717, 1.165) is 37.0 Å². The predicted molar refractivity (Wildman–Crippen MR) is 87.5 cm³/mol. The minimum atomic E-state index is 0.660. The number of rotatable bonds is 4. The first-order valence-corrected chi connectivity index (χ1v) is 9.23. The Hall–Kier alpha value is -0.120. The molecule has 1 saturated carbocycles. The van der Waals surface area contributed by atoms with Gasteiger partial charge in [-0.1, -0.05) is 6.42 Å². The van der Waals surface area contributed by atoms with Crippen LogP contribution in [0.3, 0.4) is 0 Å². The third-order valence-corrected chi connectivity index (χ3v) is 6.26. The molecule has 0 amide bonds. The second kappa shape index (κ2) is 6.97. The number of nitrogens with zero attached hydrogens (tertiary/aromatic N) is 1. The fraction of sp³-hybridized carbons (Fsp3) is 1.00. The molecule has 21 heavy (non-hydrogen) atoms. The Balaban J connectivity index is 1.59. The Kier molecular flexibility index (Phi) is 5.23. The van der Waals surface area contributed by atoms with Gasteiger partial charge in [-0.05, 0) is 64.2 Å². The number of hydrogen-bond acceptors (Lipinski definition) is 3. The lowest BCUT2D eigenvalue weighted by atomic mass is 9.72. The largest absolute Gasteiger partial charge is 0.381 e. The molecule has 3 rings (SSSR count). The minimum absolute atomic E-state index is 0.660. The lowest BCUT2D eigenvalue weighted by Crippen LogP contribution is -2.60. The Morgan fingerprint density at radius 1 is 0.952 bits per heavy atom. The van der Waals surface area contributed by atoms with Crippen LogP contribution in [0.15, 0.2) is 0 Å². The summed E-state index contributed by atoms with van der Waals surface area (Å²) >= 11 is 0. The Labute approximate surface area is 130 Å². The van der Waals surface area contributed by atoms with Crippen LogP contribution in [0.5, 0.6) is 0 Å². The molecule has 0 aromatic heterocycles. The third-order valence-electron chi connectivity index (χ3n) is 6.26. The fourth-order valence-corrected chi connectivity index (χ4v) is 4.82. The summed E-state index contributed by atoms with van der Waals surface area (Å²) in [6, 6.07) is 2.14. The molecule has 2 aliphatic heterocycles. The first-order valence-electron chi connectivity index (χ1n) is 9.23. The third kappa shape index (κ3) is 3.62. The van der Waals surface area contributed by atoms with Crippen molar-refractivity contribution in [1.29, 1.82) is 0 Å². The van der Waals surface area contributed by atoms with Crippen molar-refractivity contribution in [3.05, 3.63) is 0 Å².